The molecule has 0 heterocycles. The highest BCUT2D eigenvalue weighted by Crippen LogP contribution is 2.21. The fourth-order valence-corrected chi connectivity index (χ4v) is 1.81. The van der Waals surface area contributed by atoms with Gasteiger partial charge in [0, 0.05) is 6.54 Å². The Balaban J connectivity index is 2.99. The van der Waals surface area contributed by atoms with Crippen molar-refractivity contribution in [2.45, 2.75) is 26.7 Å². The van der Waals surface area contributed by atoms with Crippen molar-refractivity contribution in [1.82, 2.24) is 0 Å². The molecule has 0 aliphatic rings. The lowest BCUT2D eigenvalue weighted by molar-refractivity contribution is -0.144. The summed E-state index contributed by atoms with van der Waals surface area (Å²) in [6, 6.07) is 6.00. The third kappa shape index (κ3) is 2.83. The summed E-state index contributed by atoms with van der Waals surface area (Å²) in [5.41, 5.74) is 8.87. The zero-order valence-electron chi connectivity index (χ0n) is 10.1. The number of aryl methyl sites for hydroxylation is 2. The van der Waals surface area contributed by atoms with Gasteiger partial charge >= 0.3 is 5.97 Å². The van der Waals surface area contributed by atoms with Crippen LogP contribution in [0.25, 0.3) is 0 Å². The van der Waals surface area contributed by atoms with E-state index in [1.165, 1.54) is 5.56 Å². The summed E-state index contributed by atoms with van der Waals surface area (Å²) in [6.45, 7) is 6.49. The molecule has 0 bridgehead atoms. The minimum atomic E-state index is -0.347. The Bertz CT molecular complexity index is 374. The van der Waals surface area contributed by atoms with E-state index in [4.69, 9.17) is 10.5 Å². The summed E-state index contributed by atoms with van der Waals surface area (Å²) in [5, 5.41) is 0. The Kier molecular flexibility index (Phi) is 4.50. The van der Waals surface area contributed by atoms with Gasteiger partial charge in [-0.25, -0.2) is 0 Å². The van der Waals surface area contributed by atoms with Crippen LogP contribution in [-0.2, 0) is 9.53 Å². The van der Waals surface area contributed by atoms with Crippen LogP contribution >= 0.6 is 0 Å². The predicted octanol–water partition coefficient (Wildman–Crippen LogP) is 1.91. The highest BCUT2D eigenvalue weighted by molar-refractivity contribution is 5.79. The molecule has 0 aliphatic heterocycles. The third-order valence-corrected chi connectivity index (χ3v) is 2.61. The summed E-state index contributed by atoms with van der Waals surface area (Å²) >= 11 is 0. The van der Waals surface area contributed by atoms with Crippen molar-refractivity contribution in [3.05, 3.63) is 34.9 Å². The van der Waals surface area contributed by atoms with Crippen LogP contribution in [0.5, 0.6) is 0 Å². The van der Waals surface area contributed by atoms with E-state index in [9.17, 15) is 4.79 Å². The van der Waals surface area contributed by atoms with Crippen molar-refractivity contribution in [2.24, 2.45) is 5.73 Å². The molecule has 3 nitrogen and oxygen atoms in total. The zero-order chi connectivity index (χ0) is 12.1. The molecule has 88 valence electrons. The van der Waals surface area contributed by atoms with Crippen LogP contribution in [0.3, 0.4) is 0 Å². The normalized spacial score (nSPS) is 12.2. The molecule has 1 unspecified atom stereocenters. The maximum Gasteiger partial charge on any atom is 0.314 e. The average Bonchev–Trinajstić information content (AvgIpc) is 2.22. The first-order valence-electron chi connectivity index (χ1n) is 5.54. The average molecular weight is 221 g/mol. The van der Waals surface area contributed by atoms with Gasteiger partial charge in [0.1, 0.15) is 0 Å². The van der Waals surface area contributed by atoms with Crippen LogP contribution in [0, 0.1) is 13.8 Å². The molecule has 0 spiro atoms. The molecule has 0 fully saturated rings. The molecule has 0 saturated heterocycles. The lowest BCUT2D eigenvalue weighted by Crippen LogP contribution is -2.24. The Morgan fingerprint density at radius 1 is 1.44 bits per heavy atom. The Morgan fingerprint density at radius 3 is 2.62 bits per heavy atom. The van der Waals surface area contributed by atoms with Gasteiger partial charge in [-0.2, -0.15) is 0 Å². The SMILES string of the molecule is CCOC(=O)C(CN)c1ccc(C)cc1C. The van der Waals surface area contributed by atoms with E-state index in [-0.39, 0.29) is 18.4 Å². The second kappa shape index (κ2) is 5.66. The van der Waals surface area contributed by atoms with Crippen molar-refractivity contribution < 1.29 is 9.53 Å². The van der Waals surface area contributed by atoms with Gasteiger partial charge in [-0.05, 0) is 31.9 Å². The second-order valence-electron chi connectivity index (χ2n) is 3.90. The van der Waals surface area contributed by atoms with Crippen molar-refractivity contribution >= 4 is 5.97 Å². The number of rotatable bonds is 4. The molecule has 0 amide bonds. The van der Waals surface area contributed by atoms with Gasteiger partial charge < -0.3 is 10.5 Å². The summed E-state index contributed by atoms with van der Waals surface area (Å²) in [6.07, 6.45) is 0. The van der Waals surface area contributed by atoms with Gasteiger partial charge in [0.05, 0.1) is 12.5 Å². The fraction of sp³-hybridized carbons (Fsp3) is 0.462. The molecular formula is C13H19NO2. The van der Waals surface area contributed by atoms with Crippen LogP contribution in [0.2, 0.25) is 0 Å². The Labute approximate surface area is 96.6 Å². The molecule has 1 aromatic carbocycles. The number of esters is 1. The number of carbonyl (C=O) groups is 1. The molecule has 2 N–H and O–H groups in total. The summed E-state index contributed by atoms with van der Waals surface area (Å²) in [5.74, 6) is -0.586. The zero-order valence-corrected chi connectivity index (χ0v) is 10.1. The molecule has 3 heteroatoms. The highest BCUT2D eigenvalue weighted by atomic mass is 16.5. The van der Waals surface area contributed by atoms with Crippen molar-refractivity contribution in [3.63, 3.8) is 0 Å². The maximum atomic E-state index is 11.7. The topological polar surface area (TPSA) is 52.3 Å². The molecule has 1 rings (SSSR count). The molecule has 16 heavy (non-hydrogen) atoms. The van der Waals surface area contributed by atoms with Crippen LogP contribution < -0.4 is 5.73 Å². The highest BCUT2D eigenvalue weighted by Gasteiger charge is 2.21. The number of nitrogens with two attached hydrogens (primary N) is 1. The van der Waals surface area contributed by atoms with Gasteiger partial charge in [0.15, 0.2) is 0 Å². The quantitative estimate of drug-likeness (QED) is 0.790. The van der Waals surface area contributed by atoms with Crippen LogP contribution in [0.4, 0.5) is 0 Å². The van der Waals surface area contributed by atoms with Gasteiger partial charge in [0.25, 0.3) is 0 Å². The number of carbonyl (C=O) groups excluding carboxylic acids is 1. The molecule has 0 aromatic heterocycles. The van der Waals surface area contributed by atoms with E-state index in [0.29, 0.717) is 6.61 Å². The lowest BCUT2D eigenvalue weighted by Gasteiger charge is -2.16. The van der Waals surface area contributed by atoms with E-state index in [2.05, 4.69) is 6.07 Å². The second-order valence-corrected chi connectivity index (χ2v) is 3.90. The van der Waals surface area contributed by atoms with Crippen LogP contribution in [0.1, 0.15) is 29.5 Å². The molecule has 0 radical (unpaired) electrons. The van der Waals surface area contributed by atoms with E-state index in [1.54, 1.807) is 6.92 Å². The van der Waals surface area contributed by atoms with E-state index < -0.39 is 0 Å². The monoisotopic (exact) mass is 221 g/mol. The molecule has 0 aliphatic carbocycles. The number of benzene rings is 1. The Hall–Kier alpha value is -1.35. The minimum absolute atomic E-state index is 0.239. The van der Waals surface area contributed by atoms with E-state index in [1.807, 2.05) is 26.0 Å². The molecule has 0 saturated carbocycles. The van der Waals surface area contributed by atoms with Gasteiger partial charge in [-0.1, -0.05) is 23.8 Å². The Morgan fingerprint density at radius 2 is 2.12 bits per heavy atom. The number of hydrogen-bond acceptors (Lipinski definition) is 3. The van der Waals surface area contributed by atoms with Crippen LogP contribution in [-0.4, -0.2) is 19.1 Å². The first-order valence-corrected chi connectivity index (χ1v) is 5.54. The van der Waals surface area contributed by atoms with Crippen molar-refractivity contribution in [3.8, 4) is 0 Å². The van der Waals surface area contributed by atoms with Gasteiger partial charge in [-0.3, -0.25) is 4.79 Å². The van der Waals surface area contributed by atoms with Crippen molar-refractivity contribution in [2.75, 3.05) is 13.2 Å². The number of ether oxygens (including phenoxy) is 1. The standard InChI is InChI=1S/C13H19NO2/c1-4-16-13(15)12(8-14)11-6-5-9(2)7-10(11)3/h5-7,12H,4,8,14H2,1-3H3. The number of hydrogen-bond donors (Lipinski definition) is 1. The maximum absolute atomic E-state index is 11.7. The molecule has 1 atom stereocenters. The van der Waals surface area contributed by atoms with Crippen LogP contribution in [0.15, 0.2) is 18.2 Å². The lowest BCUT2D eigenvalue weighted by atomic mass is 9.93. The molecular weight excluding hydrogens is 202 g/mol. The minimum Gasteiger partial charge on any atom is -0.465 e. The van der Waals surface area contributed by atoms with Gasteiger partial charge in [-0.15, -0.1) is 0 Å². The van der Waals surface area contributed by atoms with E-state index in [0.717, 1.165) is 11.1 Å². The largest absolute Gasteiger partial charge is 0.465 e. The molecule has 1 aromatic rings. The summed E-state index contributed by atoms with van der Waals surface area (Å²) < 4.78 is 5.02. The van der Waals surface area contributed by atoms with E-state index >= 15 is 0 Å². The smallest absolute Gasteiger partial charge is 0.314 e. The van der Waals surface area contributed by atoms with Gasteiger partial charge in [0.2, 0.25) is 0 Å². The van der Waals surface area contributed by atoms with Crippen molar-refractivity contribution in [1.29, 1.82) is 0 Å². The fourth-order valence-electron chi connectivity index (χ4n) is 1.81. The summed E-state index contributed by atoms with van der Waals surface area (Å²) in [4.78, 5) is 11.7. The first-order chi connectivity index (χ1) is 7.60. The summed E-state index contributed by atoms with van der Waals surface area (Å²) in [7, 11) is 0. The third-order valence-electron chi connectivity index (χ3n) is 2.61. The first kappa shape index (κ1) is 12.7. The predicted molar refractivity (Wildman–Crippen MR) is 64.3 cm³/mol.